The molecule has 2 amide bonds. The van der Waals surface area contributed by atoms with Crippen molar-refractivity contribution in [1.82, 2.24) is 0 Å². The number of anilines is 1. The van der Waals surface area contributed by atoms with Crippen LogP contribution in [0.2, 0.25) is 0 Å². The van der Waals surface area contributed by atoms with Crippen molar-refractivity contribution in [1.29, 1.82) is 0 Å². The number of benzene rings is 3. The fraction of sp³-hybridized carbons (Fsp3) is 0.382. The predicted molar refractivity (Wildman–Crippen MR) is 151 cm³/mol. The second kappa shape index (κ2) is 8.38. The topological polar surface area (TPSA) is 63.7 Å². The lowest BCUT2D eigenvalue weighted by Crippen LogP contribution is -2.42. The molecule has 1 heterocycles. The van der Waals surface area contributed by atoms with Crippen molar-refractivity contribution in [2.45, 2.75) is 71.1 Å². The summed E-state index contributed by atoms with van der Waals surface area (Å²) in [7, 11) is 0. The third-order valence-electron chi connectivity index (χ3n) is 8.72. The van der Waals surface area contributed by atoms with Gasteiger partial charge in [-0.25, -0.2) is 4.90 Å². The number of carbonyl (C=O) groups is 3. The van der Waals surface area contributed by atoms with Crippen LogP contribution in [-0.2, 0) is 25.2 Å². The molecule has 0 spiro atoms. The van der Waals surface area contributed by atoms with Gasteiger partial charge in [-0.15, -0.1) is 0 Å². The third-order valence-corrected chi connectivity index (χ3v) is 8.72. The lowest BCUT2D eigenvalue weighted by Gasteiger charge is -2.47. The second-order valence-corrected chi connectivity index (χ2v) is 13.3. The van der Waals surface area contributed by atoms with Gasteiger partial charge >= 0.3 is 5.97 Å². The molecular weight excluding hydrogens is 486 g/mol. The van der Waals surface area contributed by atoms with Gasteiger partial charge < -0.3 is 4.74 Å². The van der Waals surface area contributed by atoms with Gasteiger partial charge in [-0.1, -0.05) is 77.9 Å². The number of amides is 2. The van der Waals surface area contributed by atoms with Crippen LogP contribution in [0.25, 0.3) is 0 Å². The Hall–Kier alpha value is -3.73. The van der Waals surface area contributed by atoms with Crippen LogP contribution in [0.15, 0.2) is 60.7 Å². The third kappa shape index (κ3) is 3.85. The Balaban J connectivity index is 1.51. The highest BCUT2D eigenvalue weighted by Gasteiger charge is 2.62. The molecule has 5 nitrogen and oxygen atoms in total. The number of esters is 1. The summed E-state index contributed by atoms with van der Waals surface area (Å²) in [5.41, 5.74) is 7.59. The van der Waals surface area contributed by atoms with E-state index in [4.69, 9.17) is 4.74 Å². The Morgan fingerprint density at radius 3 is 1.49 bits per heavy atom. The fourth-order valence-electron chi connectivity index (χ4n) is 6.79. The van der Waals surface area contributed by atoms with Crippen LogP contribution in [0.4, 0.5) is 5.69 Å². The molecule has 5 heteroatoms. The van der Waals surface area contributed by atoms with Crippen molar-refractivity contribution in [3.05, 3.63) is 94.0 Å². The minimum atomic E-state index is -0.452. The molecule has 39 heavy (non-hydrogen) atoms. The van der Waals surface area contributed by atoms with Gasteiger partial charge in [0.25, 0.3) is 0 Å². The number of rotatable bonds is 2. The van der Waals surface area contributed by atoms with Crippen molar-refractivity contribution in [2.75, 3.05) is 4.90 Å². The van der Waals surface area contributed by atoms with Gasteiger partial charge in [-0.3, -0.25) is 14.4 Å². The molecule has 3 aromatic carbocycles. The minimum Gasteiger partial charge on any atom is -0.427 e. The molecule has 0 aromatic heterocycles. The lowest BCUT2D eigenvalue weighted by molar-refractivity contribution is -0.132. The van der Waals surface area contributed by atoms with Crippen LogP contribution in [-0.4, -0.2) is 17.8 Å². The van der Waals surface area contributed by atoms with E-state index in [1.165, 1.54) is 45.2 Å². The molecule has 0 unspecified atom stereocenters. The van der Waals surface area contributed by atoms with E-state index < -0.39 is 17.8 Å². The maximum atomic E-state index is 14.2. The highest BCUT2D eigenvalue weighted by atomic mass is 16.5. The monoisotopic (exact) mass is 521 g/mol. The van der Waals surface area contributed by atoms with Gasteiger partial charge in [0.2, 0.25) is 11.8 Å². The Morgan fingerprint density at radius 1 is 0.667 bits per heavy atom. The van der Waals surface area contributed by atoms with Gasteiger partial charge in [-0.2, -0.15) is 0 Å². The number of hydrogen-bond donors (Lipinski definition) is 0. The lowest BCUT2D eigenvalue weighted by atomic mass is 9.54. The molecule has 3 aliphatic carbocycles. The first kappa shape index (κ1) is 25.5. The molecule has 0 saturated carbocycles. The van der Waals surface area contributed by atoms with Crippen LogP contribution >= 0.6 is 0 Å². The maximum absolute atomic E-state index is 14.2. The maximum Gasteiger partial charge on any atom is 0.308 e. The van der Waals surface area contributed by atoms with E-state index in [1.807, 2.05) is 0 Å². The van der Waals surface area contributed by atoms with Crippen LogP contribution < -0.4 is 9.64 Å². The van der Waals surface area contributed by atoms with Crippen LogP contribution in [0.3, 0.4) is 0 Å². The van der Waals surface area contributed by atoms with E-state index in [1.54, 1.807) is 24.3 Å². The smallest absolute Gasteiger partial charge is 0.308 e. The molecule has 3 aromatic rings. The van der Waals surface area contributed by atoms with E-state index >= 15 is 0 Å². The van der Waals surface area contributed by atoms with Gasteiger partial charge in [-0.05, 0) is 68.5 Å². The number of nitrogens with zero attached hydrogens (tertiary/aromatic N) is 1. The summed E-state index contributed by atoms with van der Waals surface area (Å²) >= 11 is 0. The molecule has 4 atom stereocenters. The summed E-state index contributed by atoms with van der Waals surface area (Å²) in [6.07, 6.45) is 0. The molecular formula is C34H35NO4. The molecule has 7 rings (SSSR count). The van der Waals surface area contributed by atoms with Gasteiger partial charge in [0.15, 0.2) is 0 Å². The molecule has 0 radical (unpaired) electrons. The zero-order chi connectivity index (χ0) is 28.0. The molecule has 4 aliphatic rings. The molecule has 1 saturated heterocycles. The molecule has 1 fully saturated rings. The predicted octanol–water partition coefficient (Wildman–Crippen LogP) is 6.60. The summed E-state index contributed by atoms with van der Waals surface area (Å²) in [5, 5.41) is 0. The van der Waals surface area contributed by atoms with Crippen molar-refractivity contribution in [2.24, 2.45) is 11.8 Å². The summed E-state index contributed by atoms with van der Waals surface area (Å²) in [5.74, 6) is -1.61. The quantitative estimate of drug-likeness (QED) is 0.216. The number of imide groups is 1. The van der Waals surface area contributed by atoms with Gasteiger partial charge in [0, 0.05) is 18.8 Å². The Bertz CT molecular complexity index is 1450. The first-order chi connectivity index (χ1) is 18.3. The highest BCUT2D eigenvalue weighted by Crippen LogP contribution is 2.62. The first-order valence-electron chi connectivity index (χ1n) is 13.7. The Labute approximate surface area is 230 Å². The van der Waals surface area contributed by atoms with Gasteiger partial charge in [0.05, 0.1) is 17.5 Å². The van der Waals surface area contributed by atoms with Crippen molar-refractivity contribution < 1.29 is 19.1 Å². The van der Waals surface area contributed by atoms with E-state index in [0.717, 1.165) is 0 Å². The Morgan fingerprint density at radius 2 is 1.10 bits per heavy atom. The van der Waals surface area contributed by atoms with E-state index in [2.05, 4.69) is 77.9 Å². The van der Waals surface area contributed by atoms with E-state index in [9.17, 15) is 14.4 Å². The standard InChI is InChI=1S/C34H35NO4/c1-18(36)39-22-12-10-21(11-13-22)35-31(37)29-27-24-15-9-20(34(5,6)7)17-26(24)28(30(29)32(35)38)23-14-8-19(16-25(23)27)33(2,3)4/h8-17,27-30H,1-7H3/t27-,28+,29+,30-. The molecule has 2 bridgehead atoms. The van der Waals surface area contributed by atoms with Gasteiger partial charge in [0.1, 0.15) is 5.75 Å². The fourth-order valence-corrected chi connectivity index (χ4v) is 6.79. The number of ether oxygens (including phenoxy) is 1. The highest BCUT2D eigenvalue weighted by molar-refractivity contribution is 6.23. The molecule has 1 aliphatic heterocycles. The zero-order valence-electron chi connectivity index (χ0n) is 23.7. The largest absolute Gasteiger partial charge is 0.427 e. The van der Waals surface area contributed by atoms with Crippen LogP contribution in [0, 0.1) is 11.8 Å². The van der Waals surface area contributed by atoms with Crippen molar-refractivity contribution in [3.63, 3.8) is 0 Å². The molecule has 0 N–H and O–H groups in total. The summed E-state index contributed by atoms with van der Waals surface area (Å²) < 4.78 is 5.16. The average molecular weight is 522 g/mol. The SMILES string of the molecule is CC(=O)Oc1ccc(N2C(=O)[C@@H]3[C@@H]4c5cc(C(C)(C)C)ccc5[C@H](c5cc(C(C)(C)C)ccc54)[C@@H]3C2=O)cc1. The summed E-state index contributed by atoms with van der Waals surface area (Å²) in [6.45, 7) is 14.6. The zero-order valence-corrected chi connectivity index (χ0v) is 23.7. The molecule has 200 valence electrons. The first-order valence-corrected chi connectivity index (χ1v) is 13.7. The average Bonchev–Trinajstić information content (AvgIpc) is 3.13. The summed E-state index contributed by atoms with van der Waals surface area (Å²) in [4.78, 5) is 41.0. The van der Waals surface area contributed by atoms with Crippen LogP contribution in [0.1, 0.15) is 93.7 Å². The van der Waals surface area contributed by atoms with Crippen molar-refractivity contribution >= 4 is 23.5 Å². The van der Waals surface area contributed by atoms with E-state index in [0.29, 0.717) is 11.4 Å². The second-order valence-electron chi connectivity index (χ2n) is 13.3. The Kier molecular flexibility index (Phi) is 5.49. The minimum absolute atomic E-state index is 0.0325. The van der Waals surface area contributed by atoms with Crippen LogP contribution in [0.5, 0.6) is 5.75 Å². The van der Waals surface area contributed by atoms with E-state index in [-0.39, 0.29) is 34.5 Å². The van der Waals surface area contributed by atoms with Crippen molar-refractivity contribution in [3.8, 4) is 5.75 Å². The number of hydrogen-bond acceptors (Lipinski definition) is 4. The summed E-state index contributed by atoms with van der Waals surface area (Å²) in [6, 6.07) is 20.0. The normalized spacial score (nSPS) is 23.4. The number of carbonyl (C=O) groups excluding carboxylic acids is 3.